The standard InChI is InChI=1S/C21H30N2O5S/c1-13(2)23-29(26,27)19-8-6-18(7-9-19)22-21(25)14(3)28-20(24)12-17-11-15-4-5-16(17)10-15/h6-9,13-17,23H,4-5,10-12H2,1-3H3,(H,22,25)/t14-,15+,16+,17-/m1/s1. The van der Waals surface area contributed by atoms with Crippen molar-refractivity contribution in [1.29, 1.82) is 0 Å². The first-order valence-corrected chi connectivity index (χ1v) is 11.7. The van der Waals surface area contributed by atoms with E-state index < -0.39 is 22.0 Å². The highest BCUT2D eigenvalue weighted by molar-refractivity contribution is 7.89. The first-order chi connectivity index (χ1) is 13.6. The molecule has 1 amide bonds. The molecule has 0 unspecified atom stereocenters. The number of hydrogen-bond donors (Lipinski definition) is 2. The number of benzene rings is 1. The monoisotopic (exact) mass is 422 g/mol. The second kappa shape index (κ2) is 8.83. The van der Waals surface area contributed by atoms with E-state index in [9.17, 15) is 18.0 Å². The molecule has 1 aromatic rings. The van der Waals surface area contributed by atoms with E-state index in [-0.39, 0.29) is 16.9 Å². The Morgan fingerprint density at radius 2 is 1.79 bits per heavy atom. The molecule has 2 aliphatic carbocycles. The number of ether oxygens (including phenoxy) is 1. The quantitative estimate of drug-likeness (QED) is 0.627. The van der Waals surface area contributed by atoms with Crippen LogP contribution in [0.3, 0.4) is 0 Å². The first kappa shape index (κ1) is 21.8. The Kier molecular flexibility index (Phi) is 6.63. The van der Waals surface area contributed by atoms with Crippen molar-refractivity contribution in [3.63, 3.8) is 0 Å². The summed E-state index contributed by atoms with van der Waals surface area (Å²) in [4.78, 5) is 24.7. The van der Waals surface area contributed by atoms with Gasteiger partial charge in [0.25, 0.3) is 5.91 Å². The Labute approximate surface area is 172 Å². The molecule has 2 bridgehead atoms. The van der Waals surface area contributed by atoms with Crippen LogP contribution in [0.2, 0.25) is 0 Å². The molecule has 2 aliphatic rings. The van der Waals surface area contributed by atoms with E-state index in [0.717, 1.165) is 12.3 Å². The molecule has 160 valence electrons. The number of hydrogen-bond acceptors (Lipinski definition) is 5. The number of carbonyl (C=O) groups excluding carboxylic acids is 2. The molecule has 1 aromatic carbocycles. The van der Waals surface area contributed by atoms with E-state index in [1.807, 2.05) is 0 Å². The lowest BCUT2D eigenvalue weighted by atomic mass is 9.86. The summed E-state index contributed by atoms with van der Waals surface area (Å²) >= 11 is 0. The van der Waals surface area contributed by atoms with E-state index >= 15 is 0 Å². The second-order valence-electron chi connectivity index (χ2n) is 8.56. The molecule has 2 saturated carbocycles. The molecule has 0 aromatic heterocycles. The number of amides is 1. The summed E-state index contributed by atoms with van der Waals surface area (Å²) in [5.74, 6) is 1.02. The molecule has 2 fully saturated rings. The first-order valence-electron chi connectivity index (χ1n) is 10.3. The summed E-state index contributed by atoms with van der Waals surface area (Å²) in [6.07, 6.45) is 4.29. The van der Waals surface area contributed by atoms with Gasteiger partial charge in [-0.3, -0.25) is 9.59 Å². The van der Waals surface area contributed by atoms with Crippen molar-refractivity contribution in [1.82, 2.24) is 4.72 Å². The summed E-state index contributed by atoms with van der Waals surface area (Å²) in [6, 6.07) is 5.65. The predicted molar refractivity (Wildman–Crippen MR) is 110 cm³/mol. The molecule has 7 nitrogen and oxygen atoms in total. The fourth-order valence-electron chi connectivity index (χ4n) is 4.48. The van der Waals surface area contributed by atoms with E-state index in [1.54, 1.807) is 20.8 Å². The van der Waals surface area contributed by atoms with Gasteiger partial charge in [0.1, 0.15) is 0 Å². The highest BCUT2D eigenvalue weighted by Gasteiger charge is 2.40. The van der Waals surface area contributed by atoms with Crippen LogP contribution in [0.1, 0.15) is 52.9 Å². The zero-order valence-corrected chi connectivity index (χ0v) is 18.0. The summed E-state index contributed by atoms with van der Waals surface area (Å²) < 4.78 is 32.1. The zero-order chi connectivity index (χ0) is 21.2. The highest BCUT2D eigenvalue weighted by Crippen LogP contribution is 2.49. The molecule has 0 spiro atoms. The lowest BCUT2D eigenvalue weighted by Gasteiger charge is -2.21. The third kappa shape index (κ3) is 5.57. The molecule has 2 N–H and O–H groups in total. The van der Waals surface area contributed by atoms with Crippen molar-refractivity contribution in [2.75, 3.05) is 5.32 Å². The summed E-state index contributed by atoms with van der Waals surface area (Å²) in [5, 5.41) is 2.66. The van der Waals surface area contributed by atoms with Gasteiger partial charge in [-0.2, -0.15) is 0 Å². The van der Waals surface area contributed by atoms with Crippen LogP contribution in [-0.4, -0.2) is 32.4 Å². The lowest BCUT2D eigenvalue weighted by molar-refractivity contribution is -0.154. The van der Waals surface area contributed by atoms with Gasteiger partial charge in [-0.25, -0.2) is 13.1 Å². The van der Waals surface area contributed by atoms with Crippen LogP contribution in [0.5, 0.6) is 0 Å². The minimum atomic E-state index is -3.58. The molecule has 0 heterocycles. The number of anilines is 1. The average Bonchev–Trinajstić information content (AvgIpc) is 3.23. The van der Waals surface area contributed by atoms with Gasteiger partial charge in [0.2, 0.25) is 10.0 Å². The van der Waals surface area contributed by atoms with Crippen molar-refractivity contribution in [3.05, 3.63) is 24.3 Å². The molecule has 29 heavy (non-hydrogen) atoms. The van der Waals surface area contributed by atoms with E-state index in [0.29, 0.717) is 23.9 Å². The fraction of sp³-hybridized carbons (Fsp3) is 0.619. The molecule has 4 atom stereocenters. The van der Waals surface area contributed by atoms with Gasteiger partial charge in [0.15, 0.2) is 6.10 Å². The number of nitrogens with one attached hydrogen (secondary N) is 2. The Balaban J connectivity index is 1.49. The largest absolute Gasteiger partial charge is 0.453 e. The molecule has 8 heteroatoms. The summed E-state index contributed by atoms with van der Waals surface area (Å²) in [7, 11) is -3.58. The number of rotatable bonds is 8. The Bertz CT molecular complexity index is 850. The minimum absolute atomic E-state index is 0.120. The summed E-state index contributed by atoms with van der Waals surface area (Å²) in [6.45, 7) is 5.03. The van der Waals surface area contributed by atoms with Crippen LogP contribution in [0.4, 0.5) is 5.69 Å². The SMILES string of the molecule is CC(C)NS(=O)(=O)c1ccc(NC(=O)[C@@H](C)OC(=O)C[C@H]2C[C@H]3CC[C@H]2C3)cc1. The van der Waals surface area contributed by atoms with Gasteiger partial charge in [-0.1, -0.05) is 6.42 Å². The topological polar surface area (TPSA) is 102 Å². The number of sulfonamides is 1. The molecular weight excluding hydrogens is 392 g/mol. The highest BCUT2D eigenvalue weighted by atomic mass is 32.2. The van der Waals surface area contributed by atoms with Gasteiger partial charge in [-0.15, -0.1) is 0 Å². The van der Waals surface area contributed by atoms with Crippen molar-refractivity contribution in [2.24, 2.45) is 17.8 Å². The average molecular weight is 423 g/mol. The van der Waals surface area contributed by atoms with Gasteiger partial charge < -0.3 is 10.1 Å². The van der Waals surface area contributed by atoms with Gasteiger partial charge in [0, 0.05) is 18.2 Å². The maximum Gasteiger partial charge on any atom is 0.306 e. The molecule has 0 radical (unpaired) electrons. The molecule has 0 saturated heterocycles. The zero-order valence-electron chi connectivity index (χ0n) is 17.2. The predicted octanol–water partition coefficient (Wildman–Crippen LogP) is 3.07. The van der Waals surface area contributed by atoms with E-state index in [1.165, 1.54) is 43.5 Å². The van der Waals surface area contributed by atoms with Crippen LogP contribution in [-0.2, 0) is 24.3 Å². The number of carbonyl (C=O) groups is 2. The smallest absolute Gasteiger partial charge is 0.306 e. The Hall–Kier alpha value is -1.93. The Morgan fingerprint density at radius 3 is 2.34 bits per heavy atom. The second-order valence-corrected chi connectivity index (χ2v) is 10.3. The third-order valence-electron chi connectivity index (χ3n) is 5.81. The Morgan fingerprint density at radius 1 is 1.10 bits per heavy atom. The molecular formula is C21H30N2O5S. The van der Waals surface area contributed by atoms with E-state index in [4.69, 9.17) is 4.74 Å². The molecule has 0 aliphatic heterocycles. The lowest BCUT2D eigenvalue weighted by Crippen LogP contribution is -2.31. The van der Waals surface area contributed by atoms with Gasteiger partial charge in [0.05, 0.1) is 4.90 Å². The molecule has 3 rings (SSSR count). The van der Waals surface area contributed by atoms with E-state index in [2.05, 4.69) is 10.0 Å². The van der Waals surface area contributed by atoms with Crippen LogP contribution in [0.15, 0.2) is 29.2 Å². The van der Waals surface area contributed by atoms with Gasteiger partial charge >= 0.3 is 5.97 Å². The van der Waals surface area contributed by atoms with Crippen LogP contribution >= 0.6 is 0 Å². The minimum Gasteiger partial charge on any atom is -0.453 e. The fourth-order valence-corrected chi connectivity index (χ4v) is 5.73. The van der Waals surface area contributed by atoms with Crippen LogP contribution in [0.25, 0.3) is 0 Å². The van der Waals surface area contributed by atoms with Crippen molar-refractivity contribution in [2.45, 2.75) is 69.9 Å². The normalized spacial score (nSPS) is 24.5. The van der Waals surface area contributed by atoms with Gasteiger partial charge in [-0.05, 0) is 82.1 Å². The van der Waals surface area contributed by atoms with Crippen LogP contribution in [0, 0.1) is 17.8 Å². The van der Waals surface area contributed by atoms with Crippen molar-refractivity contribution < 1.29 is 22.7 Å². The maximum atomic E-state index is 12.3. The third-order valence-corrected chi connectivity index (χ3v) is 7.49. The van der Waals surface area contributed by atoms with Crippen molar-refractivity contribution in [3.8, 4) is 0 Å². The number of esters is 1. The van der Waals surface area contributed by atoms with Crippen LogP contribution < -0.4 is 10.0 Å². The van der Waals surface area contributed by atoms with Crippen molar-refractivity contribution >= 4 is 27.6 Å². The number of fused-ring (bicyclic) bond motifs is 2. The maximum absolute atomic E-state index is 12.3. The summed E-state index contributed by atoms with van der Waals surface area (Å²) in [5.41, 5.74) is 0.439.